The molecule has 3 aromatic rings. The van der Waals surface area contributed by atoms with E-state index < -0.39 is 5.97 Å². The van der Waals surface area contributed by atoms with Gasteiger partial charge < -0.3 is 10.1 Å². The third kappa shape index (κ3) is 2.65. The van der Waals surface area contributed by atoms with Gasteiger partial charge >= 0.3 is 5.97 Å². The highest BCUT2D eigenvalue weighted by Gasteiger charge is 2.14. The number of benzene rings is 2. The average molecular weight is 283 g/mol. The lowest BCUT2D eigenvalue weighted by atomic mass is 10.0. The second kappa shape index (κ2) is 5.40. The van der Waals surface area contributed by atoms with E-state index in [2.05, 4.69) is 4.98 Å². The molecule has 0 spiro atoms. The first kappa shape index (κ1) is 13.4. The summed E-state index contributed by atoms with van der Waals surface area (Å²) in [6.45, 7) is 0. The predicted octanol–water partition coefficient (Wildman–Crippen LogP) is 3.99. The van der Waals surface area contributed by atoms with Gasteiger partial charge in [-0.25, -0.2) is 4.39 Å². The molecule has 0 atom stereocenters. The van der Waals surface area contributed by atoms with Crippen LogP contribution in [0.25, 0.3) is 22.2 Å². The van der Waals surface area contributed by atoms with E-state index in [-0.39, 0.29) is 12.2 Å². The number of rotatable bonds is 4. The number of aromatic amines is 1. The summed E-state index contributed by atoms with van der Waals surface area (Å²) in [6, 6.07) is 14.2. The van der Waals surface area contributed by atoms with Gasteiger partial charge in [0.2, 0.25) is 0 Å². The number of halogens is 1. The number of carbonyl (C=O) groups is 1. The Balaban J connectivity index is 2.18. The number of aliphatic carboxylic acids is 1. The van der Waals surface area contributed by atoms with E-state index in [0.717, 1.165) is 27.7 Å². The van der Waals surface area contributed by atoms with Crippen molar-refractivity contribution >= 4 is 16.9 Å². The van der Waals surface area contributed by atoms with Crippen LogP contribution in [0.15, 0.2) is 48.5 Å². The minimum absolute atomic E-state index is 0.0172. The van der Waals surface area contributed by atoms with Gasteiger partial charge in [0, 0.05) is 23.0 Å². The molecule has 0 aliphatic carbocycles. The van der Waals surface area contributed by atoms with E-state index in [4.69, 9.17) is 5.11 Å². The van der Waals surface area contributed by atoms with Crippen molar-refractivity contribution in [3.05, 3.63) is 59.9 Å². The van der Waals surface area contributed by atoms with Gasteiger partial charge in [-0.2, -0.15) is 0 Å². The Morgan fingerprint density at radius 3 is 2.62 bits per heavy atom. The molecule has 1 heterocycles. The van der Waals surface area contributed by atoms with Crippen LogP contribution in [-0.4, -0.2) is 16.1 Å². The van der Waals surface area contributed by atoms with Crippen molar-refractivity contribution in [2.24, 2.45) is 0 Å². The molecule has 1 aromatic heterocycles. The van der Waals surface area contributed by atoms with Crippen molar-refractivity contribution in [1.29, 1.82) is 0 Å². The molecule has 0 radical (unpaired) electrons. The van der Waals surface area contributed by atoms with Crippen molar-refractivity contribution in [1.82, 2.24) is 4.98 Å². The molecule has 21 heavy (non-hydrogen) atoms. The first-order chi connectivity index (χ1) is 10.1. The van der Waals surface area contributed by atoms with Crippen LogP contribution >= 0.6 is 0 Å². The molecule has 3 rings (SSSR count). The fourth-order valence-corrected chi connectivity index (χ4v) is 2.56. The number of nitrogens with one attached hydrogen (secondary N) is 1. The summed E-state index contributed by atoms with van der Waals surface area (Å²) in [4.78, 5) is 14.1. The highest BCUT2D eigenvalue weighted by molar-refractivity contribution is 5.91. The maximum absolute atomic E-state index is 13.5. The molecular formula is C17H14FNO2. The van der Waals surface area contributed by atoms with Crippen LogP contribution in [0.5, 0.6) is 0 Å². The van der Waals surface area contributed by atoms with E-state index in [1.54, 1.807) is 6.07 Å². The lowest BCUT2D eigenvalue weighted by Gasteiger charge is -2.04. The molecule has 0 amide bonds. The van der Waals surface area contributed by atoms with Crippen molar-refractivity contribution in [2.45, 2.75) is 12.8 Å². The van der Waals surface area contributed by atoms with Crippen LogP contribution < -0.4 is 0 Å². The third-order valence-electron chi connectivity index (χ3n) is 3.52. The molecule has 0 saturated heterocycles. The lowest BCUT2D eigenvalue weighted by Crippen LogP contribution is -1.98. The lowest BCUT2D eigenvalue weighted by molar-refractivity contribution is -0.136. The van der Waals surface area contributed by atoms with E-state index in [1.165, 1.54) is 12.1 Å². The molecule has 3 nitrogen and oxygen atoms in total. The van der Waals surface area contributed by atoms with Crippen molar-refractivity contribution in [3.8, 4) is 11.3 Å². The van der Waals surface area contributed by atoms with Gasteiger partial charge in [-0.15, -0.1) is 0 Å². The smallest absolute Gasteiger partial charge is 0.303 e. The normalized spacial score (nSPS) is 10.9. The van der Waals surface area contributed by atoms with E-state index in [1.807, 2.05) is 30.3 Å². The molecule has 2 aromatic carbocycles. The van der Waals surface area contributed by atoms with Crippen molar-refractivity contribution in [3.63, 3.8) is 0 Å². The summed E-state index contributed by atoms with van der Waals surface area (Å²) in [5.74, 6) is -1.18. The molecule has 2 N–H and O–H groups in total. The Bertz CT molecular complexity index is 793. The summed E-state index contributed by atoms with van der Waals surface area (Å²) >= 11 is 0. The van der Waals surface area contributed by atoms with Crippen LogP contribution in [0, 0.1) is 5.82 Å². The summed E-state index contributed by atoms with van der Waals surface area (Å²) in [6.07, 6.45) is 0.381. The van der Waals surface area contributed by atoms with Gasteiger partial charge in [0.25, 0.3) is 0 Å². The number of H-pyrrole nitrogens is 1. The number of carboxylic acid groups (broad SMARTS) is 1. The topological polar surface area (TPSA) is 53.1 Å². The van der Waals surface area contributed by atoms with Crippen LogP contribution in [-0.2, 0) is 11.2 Å². The zero-order chi connectivity index (χ0) is 14.8. The molecule has 0 saturated carbocycles. The highest BCUT2D eigenvalue weighted by Crippen LogP contribution is 2.31. The van der Waals surface area contributed by atoms with Crippen LogP contribution in [0.3, 0.4) is 0 Å². The predicted molar refractivity (Wildman–Crippen MR) is 79.6 cm³/mol. The Morgan fingerprint density at radius 2 is 1.90 bits per heavy atom. The zero-order valence-electron chi connectivity index (χ0n) is 11.3. The van der Waals surface area contributed by atoms with Gasteiger partial charge in [0.15, 0.2) is 0 Å². The van der Waals surface area contributed by atoms with Gasteiger partial charge in [-0.3, -0.25) is 4.79 Å². The fourth-order valence-electron chi connectivity index (χ4n) is 2.56. The second-order valence-electron chi connectivity index (χ2n) is 4.93. The number of aromatic nitrogens is 1. The SMILES string of the molecule is O=C(O)CCc1c(-c2ccccc2)[nH]c2ccc(F)cc12. The Hall–Kier alpha value is -2.62. The van der Waals surface area contributed by atoms with Gasteiger partial charge in [-0.1, -0.05) is 30.3 Å². The number of hydrogen-bond donors (Lipinski definition) is 2. The van der Waals surface area contributed by atoms with Crippen LogP contribution in [0.1, 0.15) is 12.0 Å². The average Bonchev–Trinajstić information content (AvgIpc) is 2.84. The van der Waals surface area contributed by atoms with Gasteiger partial charge in [0.05, 0.1) is 0 Å². The fraction of sp³-hybridized carbons (Fsp3) is 0.118. The summed E-state index contributed by atoms with van der Waals surface area (Å²) < 4.78 is 13.5. The highest BCUT2D eigenvalue weighted by atomic mass is 19.1. The van der Waals surface area contributed by atoms with Gasteiger partial charge in [-0.05, 0) is 35.7 Å². The Kier molecular flexibility index (Phi) is 3.44. The summed E-state index contributed by atoms with van der Waals surface area (Å²) in [5, 5.41) is 9.66. The van der Waals surface area contributed by atoms with E-state index >= 15 is 0 Å². The number of aryl methyl sites for hydroxylation is 1. The molecular weight excluding hydrogens is 269 g/mol. The van der Waals surface area contributed by atoms with Gasteiger partial charge in [0.1, 0.15) is 5.82 Å². The van der Waals surface area contributed by atoms with Crippen molar-refractivity contribution in [2.75, 3.05) is 0 Å². The molecule has 4 heteroatoms. The van der Waals surface area contributed by atoms with Crippen LogP contribution in [0.2, 0.25) is 0 Å². The Morgan fingerprint density at radius 1 is 1.14 bits per heavy atom. The standard InChI is InChI=1S/C17H14FNO2/c18-12-6-8-15-14(10-12)13(7-9-16(20)21)17(19-15)11-4-2-1-3-5-11/h1-6,8,10,19H,7,9H2,(H,20,21). The monoisotopic (exact) mass is 283 g/mol. The second-order valence-corrected chi connectivity index (χ2v) is 4.93. The van der Waals surface area contributed by atoms with Crippen LogP contribution in [0.4, 0.5) is 4.39 Å². The third-order valence-corrected chi connectivity index (χ3v) is 3.52. The van der Waals surface area contributed by atoms with E-state index in [9.17, 15) is 9.18 Å². The molecule has 0 bridgehead atoms. The minimum atomic E-state index is -0.861. The minimum Gasteiger partial charge on any atom is -0.481 e. The molecule has 0 aliphatic rings. The number of carboxylic acids is 1. The maximum atomic E-state index is 13.5. The zero-order valence-corrected chi connectivity index (χ0v) is 11.3. The molecule has 0 aliphatic heterocycles. The Labute approximate surface area is 121 Å². The van der Waals surface area contributed by atoms with E-state index in [0.29, 0.717) is 6.42 Å². The maximum Gasteiger partial charge on any atom is 0.303 e. The number of fused-ring (bicyclic) bond motifs is 1. The molecule has 0 unspecified atom stereocenters. The summed E-state index contributed by atoms with van der Waals surface area (Å²) in [7, 11) is 0. The molecule has 0 fully saturated rings. The van der Waals surface area contributed by atoms with Crippen molar-refractivity contribution < 1.29 is 14.3 Å². The number of hydrogen-bond acceptors (Lipinski definition) is 1. The summed E-state index contributed by atoms with van der Waals surface area (Å²) in [5.41, 5.74) is 3.49. The first-order valence-electron chi connectivity index (χ1n) is 6.72. The molecule has 106 valence electrons. The first-order valence-corrected chi connectivity index (χ1v) is 6.72. The quantitative estimate of drug-likeness (QED) is 0.760. The largest absolute Gasteiger partial charge is 0.481 e.